The van der Waals surface area contributed by atoms with E-state index in [1.54, 1.807) is 49.6 Å². The molecule has 0 atom stereocenters. The van der Waals surface area contributed by atoms with Crippen LogP contribution in [0.1, 0.15) is 35.3 Å². The standard InChI is InChI=1S/C28H28N2O4/c1-28(2)17-20-12-13-23(33-3)15-24(20)25(30-28)16-26(31)19-8-7-9-21(14-19)29-27(32)18-34-22-10-5-4-6-11-22/h4-16,30H,17-18H2,1-3H3,(H,29,32). The molecule has 0 aliphatic carbocycles. The number of methoxy groups -OCH3 is 1. The summed E-state index contributed by atoms with van der Waals surface area (Å²) in [7, 11) is 1.63. The Morgan fingerprint density at radius 1 is 1.00 bits per heavy atom. The van der Waals surface area contributed by atoms with Crippen molar-refractivity contribution in [2.45, 2.75) is 25.8 Å². The monoisotopic (exact) mass is 456 g/mol. The lowest BCUT2D eigenvalue weighted by atomic mass is 9.85. The molecule has 6 heteroatoms. The largest absolute Gasteiger partial charge is 0.497 e. The van der Waals surface area contributed by atoms with E-state index in [-0.39, 0.29) is 23.8 Å². The lowest BCUT2D eigenvalue weighted by Crippen LogP contribution is -2.43. The first-order valence-corrected chi connectivity index (χ1v) is 11.1. The van der Waals surface area contributed by atoms with Crippen molar-refractivity contribution in [2.75, 3.05) is 19.0 Å². The van der Waals surface area contributed by atoms with Gasteiger partial charge in [-0.3, -0.25) is 9.59 Å². The third-order valence-corrected chi connectivity index (χ3v) is 5.53. The number of hydrogen-bond donors (Lipinski definition) is 2. The maximum absolute atomic E-state index is 13.2. The average Bonchev–Trinajstić information content (AvgIpc) is 2.82. The quantitative estimate of drug-likeness (QED) is 0.392. The lowest BCUT2D eigenvalue weighted by molar-refractivity contribution is -0.118. The van der Waals surface area contributed by atoms with Crippen molar-refractivity contribution >= 4 is 23.1 Å². The highest BCUT2D eigenvalue weighted by molar-refractivity contribution is 6.09. The van der Waals surface area contributed by atoms with Gasteiger partial charge in [-0.05, 0) is 62.2 Å². The third kappa shape index (κ3) is 5.64. The van der Waals surface area contributed by atoms with Crippen LogP contribution in [0.2, 0.25) is 0 Å². The number of para-hydroxylation sites is 1. The molecule has 0 bridgehead atoms. The molecule has 34 heavy (non-hydrogen) atoms. The molecule has 0 aromatic heterocycles. The zero-order valence-electron chi connectivity index (χ0n) is 19.6. The number of carbonyl (C=O) groups excluding carboxylic acids is 2. The molecule has 0 spiro atoms. The van der Waals surface area contributed by atoms with Crippen molar-refractivity contribution in [1.29, 1.82) is 0 Å². The Bertz CT molecular complexity index is 1230. The highest BCUT2D eigenvalue weighted by Crippen LogP contribution is 2.32. The van der Waals surface area contributed by atoms with E-state index < -0.39 is 0 Å². The van der Waals surface area contributed by atoms with Gasteiger partial charge in [-0.15, -0.1) is 0 Å². The fraction of sp³-hybridized carbons (Fsp3) is 0.214. The van der Waals surface area contributed by atoms with E-state index in [9.17, 15) is 9.59 Å². The zero-order valence-corrected chi connectivity index (χ0v) is 19.6. The van der Waals surface area contributed by atoms with Gasteiger partial charge in [0.1, 0.15) is 11.5 Å². The average molecular weight is 457 g/mol. The minimum atomic E-state index is -0.302. The Balaban J connectivity index is 1.50. The van der Waals surface area contributed by atoms with Crippen molar-refractivity contribution in [3.05, 3.63) is 95.6 Å². The molecule has 174 valence electrons. The lowest BCUT2D eigenvalue weighted by Gasteiger charge is -2.35. The Hall–Kier alpha value is -4.06. The normalized spacial score (nSPS) is 15.1. The molecule has 2 N–H and O–H groups in total. The maximum Gasteiger partial charge on any atom is 0.262 e. The van der Waals surface area contributed by atoms with Gasteiger partial charge in [0.05, 0.1) is 7.11 Å². The van der Waals surface area contributed by atoms with E-state index >= 15 is 0 Å². The van der Waals surface area contributed by atoms with Crippen molar-refractivity contribution in [3.63, 3.8) is 0 Å². The number of nitrogens with one attached hydrogen (secondary N) is 2. The number of carbonyl (C=O) groups is 2. The van der Waals surface area contributed by atoms with Gasteiger partial charge in [-0.25, -0.2) is 0 Å². The van der Waals surface area contributed by atoms with Gasteiger partial charge in [-0.2, -0.15) is 0 Å². The highest BCUT2D eigenvalue weighted by atomic mass is 16.5. The Morgan fingerprint density at radius 2 is 1.79 bits per heavy atom. The summed E-state index contributed by atoms with van der Waals surface area (Å²) < 4.78 is 10.9. The summed E-state index contributed by atoms with van der Waals surface area (Å²) in [5, 5.41) is 6.26. The van der Waals surface area contributed by atoms with Crippen LogP contribution in [0.4, 0.5) is 5.69 Å². The topological polar surface area (TPSA) is 76.7 Å². The molecule has 0 saturated carbocycles. The van der Waals surface area contributed by atoms with Crippen LogP contribution in [-0.4, -0.2) is 30.9 Å². The van der Waals surface area contributed by atoms with Gasteiger partial charge in [0, 0.05) is 34.1 Å². The minimum absolute atomic E-state index is 0.121. The first-order valence-electron chi connectivity index (χ1n) is 11.1. The number of ether oxygens (including phenoxy) is 2. The number of amides is 1. The summed E-state index contributed by atoms with van der Waals surface area (Å²) in [5.41, 5.74) is 3.68. The molecule has 0 radical (unpaired) electrons. The van der Waals surface area contributed by atoms with E-state index in [1.165, 1.54) is 0 Å². The van der Waals surface area contributed by atoms with E-state index in [0.29, 0.717) is 17.0 Å². The van der Waals surface area contributed by atoms with Gasteiger partial charge in [0.25, 0.3) is 5.91 Å². The van der Waals surface area contributed by atoms with Crippen molar-refractivity contribution in [2.24, 2.45) is 0 Å². The number of hydrogen-bond acceptors (Lipinski definition) is 5. The van der Waals surface area contributed by atoms with E-state index in [2.05, 4.69) is 24.5 Å². The second kappa shape index (κ2) is 9.83. The molecule has 0 unspecified atom stereocenters. The fourth-order valence-electron chi connectivity index (χ4n) is 3.98. The van der Waals surface area contributed by atoms with Crippen LogP contribution in [0.25, 0.3) is 5.70 Å². The molecule has 1 aliphatic heterocycles. The summed E-state index contributed by atoms with van der Waals surface area (Å²) in [4.78, 5) is 25.5. The van der Waals surface area contributed by atoms with Crippen molar-refractivity contribution in [1.82, 2.24) is 5.32 Å². The smallest absolute Gasteiger partial charge is 0.262 e. The maximum atomic E-state index is 13.2. The molecule has 1 aliphatic rings. The van der Waals surface area contributed by atoms with Crippen LogP contribution >= 0.6 is 0 Å². The predicted octanol–water partition coefficient (Wildman–Crippen LogP) is 4.86. The fourth-order valence-corrected chi connectivity index (χ4v) is 3.98. The summed E-state index contributed by atoms with van der Waals surface area (Å²) in [6.45, 7) is 4.09. The predicted molar refractivity (Wildman–Crippen MR) is 133 cm³/mol. The summed E-state index contributed by atoms with van der Waals surface area (Å²) in [6.07, 6.45) is 2.45. The van der Waals surface area contributed by atoms with E-state index in [0.717, 1.165) is 29.0 Å². The number of allylic oxidation sites excluding steroid dienone is 1. The molecular weight excluding hydrogens is 428 g/mol. The molecule has 3 aromatic carbocycles. The molecule has 0 saturated heterocycles. The van der Waals surface area contributed by atoms with Gasteiger partial charge < -0.3 is 20.1 Å². The van der Waals surface area contributed by atoms with Gasteiger partial charge >= 0.3 is 0 Å². The summed E-state index contributed by atoms with van der Waals surface area (Å²) in [5.74, 6) is 0.892. The molecule has 0 fully saturated rings. The first-order chi connectivity index (χ1) is 16.3. The van der Waals surface area contributed by atoms with Gasteiger partial charge in [-0.1, -0.05) is 36.4 Å². The van der Waals surface area contributed by atoms with Crippen molar-refractivity contribution in [3.8, 4) is 11.5 Å². The summed E-state index contributed by atoms with van der Waals surface area (Å²) in [6, 6.07) is 21.9. The van der Waals surface area contributed by atoms with E-state index in [1.807, 2.05) is 36.4 Å². The van der Waals surface area contributed by atoms with Crippen LogP contribution in [0.15, 0.2) is 78.9 Å². The summed E-state index contributed by atoms with van der Waals surface area (Å²) >= 11 is 0. The Kier molecular flexibility index (Phi) is 6.68. The van der Waals surface area contributed by atoms with Crippen LogP contribution < -0.4 is 20.1 Å². The number of rotatable bonds is 7. The highest BCUT2D eigenvalue weighted by Gasteiger charge is 2.28. The molecule has 6 nitrogen and oxygen atoms in total. The van der Waals surface area contributed by atoms with Crippen LogP contribution in [0, 0.1) is 0 Å². The van der Waals surface area contributed by atoms with Gasteiger partial charge in [0.15, 0.2) is 12.4 Å². The Labute approximate surface area is 199 Å². The molecule has 1 heterocycles. The molecular formula is C28H28N2O4. The minimum Gasteiger partial charge on any atom is -0.497 e. The van der Waals surface area contributed by atoms with Crippen LogP contribution in [-0.2, 0) is 11.2 Å². The first kappa shape index (κ1) is 23.1. The second-order valence-corrected chi connectivity index (χ2v) is 8.86. The molecule has 3 aromatic rings. The number of anilines is 1. The number of benzene rings is 3. The second-order valence-electron chi connectivity index (χ2n) is 8.86. The SMILES string of the molecule is COc1ccc2c(c1)C(=CC(=O)c1cccc(NC(=O)COc3ccccc3)c1)NC(C)(C)C2. The van der Waals surface area contributed by atoms with Gasteiger partial charge in [0.2, 0.25) is 0 Å². The van der Waals surface area contributed by atoms with Crippen molar-refractivity contribution < 1.29 is 19.1 Å². The number of fused-ring (bicyclic) bond motifs is 1. The molecule has 4 rings (SSSR count). The van der Waals surface area contributed by atoms with Crippen LogP contribution in [0.3, 0.4) is 0 Å². The molecule has 1 amide bonds. The Morgan fingerprint density at radius 3 is 2.56 bits per heavy atom. The van der Waals surface area contributed by atoms with E-state index in [4.69, 9.17) is 9.47 Å². The zero-order chi connectivity index (χ0) is 24.1. The third-order valence-electron chi connectivity index (χ3n) is 5.53. The van der Waals surface area contributed by atoms with Crippen LogP contribution in [0.5, 0.6) is 11.5 Å². The number of ketones is 1.